The van der Waals surface area contributed by atoms with Gasteiger partial charge in [-0.1, -0.05) is 13.8 Å². The Morgan fingerprint density at radius 3 is 2.82 bits per heavy atom. The van der Waals surface area contributed by atoms with E-state index in [0.29, 0.717) is 5.92 Å². The van der Waals surface area contributed by atoms with E-state index < -0.39 is 0 Å². The van der Waals surface area contributed by atoms with Crippen LogP contribution in [0, 0.1) is 5.92 Å². The predicted octanol–water partition coefficient (Wildman–Crippen LogP) is 3.80. The van der Waals surface area contributed by atoms with E-state index >= 15 is 0 Å². The van der Waals surface area contributed by atoms with Crippen molar-refractivity contribution in [3.63, 3.8) is 0 Å². The molecular weight excluding hydrogens is 212 g/mol. The van der Waals surface area contributed by atoms with E-state index in [0.717, 1.165) is 42.1 Å². The standard InChI is InChI=1S/C15H20O2/c1-3-11(2)14-8-13(9-16)6-7-15(14)17-10-12-4-5-12/h6-9,11-12H,3-5,10H2,1-2H3. The largest absolute Gasteiger partial charge is 0.493 e. The average Bonchev–Trinajstić information content (AvgIpc) is 3.19. The van der Waals surface area contributed by atoms with Gasteiger partial charge < -0.3 is 4.74 Å². The lowest BCUT2D eigenvalue weighted by molar-refractivity contribution is 0.112. The molecule has 1 atom stereocenters. The first-order valence-electron chi connectivity index (χ1n) is 6.46. The monoisotopic (exact) mass is 232 g/mol. The average molecular weight is 232 g/mol. The van der Waals surface area contributed by atoms with Crippen LogP contribution in [-0.2, 0) is 0 Å². The van der Waals surface area contributed by atoms with Gasteiger partial charge in [-0.05, 0) is 54.9 Å². The van der Waals surface area contributed by atoms with E-state index in [2.05, 4.69) is 13.8 Å². The van der Waals surface area contributed by atoms with Crippen LogP contribution in [0.1, 0.15) is 54.9 Å². The zero-order chi connectivity index (χ0) is 12.3. The molecular formula is C15H20O2. The molecule has 1 saturated carbocycles. The van der Waals surface area contributed by atoms with Gasteiger partial charge >= 0.3 is 0 Å². The maximum Gasteiger partial charge on any atom is 0.150 e. The molecule has 1 aliphatic rings. The van der Waals surface area contributed by atoms with Crippen molar-refractivity contribution in [2.75, 3.05) is 6.61 Å². The fraction of sp³-hybridized carbons (Fsp3) is 0.533. The first kappa shape index (κ1) is 12.2. The Morgan fingerprint density at radius 1 is 1.47 bits per heavy atom. The fourth-order valence-electron chi connectivity index (χ4n) is 1.87. The van der Waals surface area contributed by atoms with Crippen LogP contribution >= 0.6 is 0 Å². The second-order valence-electron chi connectivity index (χ2n) is 4.98. The molecule has 1 aromatic rings. The molecule has 0 spiro atoms. The summed E-state index contributed by atoms with van der Waals surface area (Å²) in [5, 5.41) is 0. The summed E-state index contributed by atoms with van der Waals surface area (Å²) in [6.07, 6.45) is 4.55. The van der Waals surface area contributed by atoms with Gasteiger partial charge in [-0.15, -0.1) is 0 Å². The van der Waals surface area contributed by atoms with Gasteiger partial charge in [0.15, 0.2) is 0 Å². The second kappa shape index (κ2) is 5.35. The minimum atomic E-state index is 0.434. The van der Waals surface area contributed by atoms with Crippen molar-refractivity contribution in [3.8, 4) is 5.75 Å². The number of rotatable bonds is 6. The van der Waals surface area contributed by atoms with E-state index in [4.69, 9.17) is 4.74 Å². The van der Waals surface area contributed by atoms with E-state index in [1.54, 1.807) is 0 Å². The third-order valence-corrected chi connectivity index (χ3v) is 3.48. The van der Waals surface area contributed by atoms with Gasteiger partial charge in [0.25, 0.3) is 0 Å². The van der Waals surface area contributed by atoms with Crippen LogP contribution in [0.25, 0.3) is 0 Å². The molecule has 17 heavy (non-hydrogen) atoms. The first-order chi connectivity index (χ1) is 8.24. The molecule has 0 radical (unpaired) electrons. The Kier molecular flexibility index (Phi) is 3.82. The highest BCUT2D eigenvalue weighted by Gasteiger charge is 2.22. The van der Waals surface area contributed by atoms with Crippen LogP contribution in [0.2, 0.25) is 0 Å². The molecule has 2 rings (SSSR count). The highest BCUT2D eigenvalue weighted by atomic mass is 16.5. The Hall–Kier alpha value is -1.31. The number of aldehydes is 1. The predicted molar refractivity (Wildman–Crippen MR) is 68.8 cm³/mol. The van der Waals surface area contributed by atoms with Crippen LogP contribution in [0.5, 0.6) is 5.75 Å². The van der Waals surface area contributed by atoms with E-state index in [1.165, 1.54) is 12.8 Å². The third kappa shape index (κ3) is 3.09. The van der Waals surface area contributed by atoms with Crippen molar-refractivity contribution in [2.45, 2.75) is 39.0 Å². The van der Waals surface area contributed by atoms with Crippen molar-refractivity contribution < 1.29 is 9.53 Å². The van der Waals surface area contributed by atoms with Gasteiger partial charge in [0.05, 0.1) is 6.61 Å². The molecule has 0 N–H and O–H groups in total. The summed E-state index contributed by atoms with van der Waals surface area (Å²) in [4.78, 5) is 10.8. The maximum absolute atomic E-state index is 10.8. The molecule has 1 aromatic carbocycles. The van der Waals surface area contributed by atoms with E-state index in [9.17, 15) is 4.79 Å². The van der Waals surface area contributed by atoms with Crippen molar-refractivity contribution >= 4 is 6.29 Å². The van der Waals surface area contributed by atoms with E-state index in [-0.39, 0.29) is 0 Å². The van der Waals surface area contributed by atoms with Crippen LogP contribution in [0.15, 0.2) is 18.2 Å². The molecule has 1 unspecified atom stereocenters. The number of carbonyl (C=O) groups is 1. The van der Waals surface area contributed by atoms with Gasteiger partial charge in [0.1, 0.15) is 12.0 Å². The summed E-state index contributed by atoms with van der Waals surface area (Å²) >= 11 is 0. The molecule has 0 heterocycles. The number of hydrogen-bond acceptors (Lipinski definition) is 2. The molecule has 0 amide bonds. The Morgan fingerprint density at radius 2 is 2.24 bits per heavy atom. The Labute approximate surface area is 103 Å². The Bertz CT molecular complexity index is 394. The third-order valence-electron chi connectivity index (χ3n) is 3.48. The number of ether oxygens (including phenoxy) is 1. The lowest BCUT2D eigenvalue weighted by Crippen LogP contribution is -2.04. The molecule has 0 saturated heterocycles. The molecule has 2 heteroatoms. The maximum atomic E-state index is 10.8. The van der Waals surface area contributed by atoms with Crippen molar-refractivity contribution in [1.82, 2.24) is 0 Å². The first-order valence-corrected chi connectivity index (χ1v) is 6.46. The number of carbonyl (C=O) groups excluding carboxylic acids is 1. The summed E-state index contributed by atoms with van der Waals surface area (Å²) in [6, 6.07) is 5.73. The van der Waals surface area contributed by atoms with Crippen LogP contribution < -0.4 is 4.74 Å². The van der Waals surface area contributed by atoms with Gasteiger partial charge in [-0.25, -0.2) is 0 Å². The van der Waals surface area contributed by atoms with Crippen LogP contribution in [0.3, 0.4) is 0 Å². The van der Waals surface area contributed by atoms with Gasteiger partial charge in [-0.2, -0.15) is 0 Å². The molecule has 1 fully saturated rings. The molecule has 2 nitrogen and oxygen atoms in total. The van der Waals surface area contributed by atoms with Gasteiger partial charge in [-0.3, -0.25) is 4.79 Å². The minimum absolute atomic E-state index is 0.434. The second-order valence-corrected chi connectivity index (χ2v) is 4.98. The topological polar surface area (TPSA) is 26.3 Å². The van der Waals surface area contributed by atoms with Gasteiger partial charge in [0, 0.05) is 5.56 Å². The Balaban J connectivity index is 2.18. The highest BCUT2D eigenvalue weighted by Crippen LogP contribution is 2.33. The number of hydrogen-bond donors (Lipinski definition) is 0. The van der Waals surface area contributed by atoms with E-state index in [1.807, 2.05) is 18.2 Å². The smallest absolute Gasteiger partial charge is 0.150 e. The summed E-state index contributed by atoms with van der Waals surface area (Å²) in [5.41, 5.74) is 1.90. The zero-order valence-electron chi connectivity index (χ0n) is 10.6. The van der Waals surface area contributed by atoms with Crippen LogP contribution in [-0.4, -0.2) is 12.9 Å². The van der Waals surface area contributed by atoms with Gasteiger partial charge in [0.2, 0.25) is 0 Å². The molecule has 0 aromatic heterocycles. The highest BCUT2D eigenvalue weighted by molar-refractivity contribution is 5.75. The summed E-state index contributed by atoms with van der Waals surface area (Å²) in [6.45, 7) is 5.15. The SMILES string of the molecule is CCC(C)c1cc(C=O)ccc1OCC1CC1. The number of benzene rings is 1. The molecule has 0 aliphatic heterocycles. The van der Waals surface area contributed by atoms with Crippen LogP contribution in [0.4, 0.5) is 0 Å². The normalized spacial score (nSPS) is 16.6. The zero-order valence-corrected chi connectivity index (χ0v) is 10.6. The quantitative estimate of drug-likeness (QED) is 0.697. The lowest BCUT2D eigenvalue weighted by atomic mass is 9.96. The summed E-state index contributed by atoms with van der Waals surface area (Å²) < 4.78 is 5.87. The summed E-state index contributed by atoms with van der Waals surface area (Å²) in [7, 11) is 0. The summed E-state index contributed by atoms with van der Waals surface area (Å²) in [5.74, 6) is 2.14. The molecule has 1 aliphatic carbocycles. The fourth-order valence-corrected chi connectivity index (χ4v) is 1.87. The van der Waals surface area contributed by atoms with Crippen molar-refractivity contribution in [2.24, 2.45) is 5.92 Å². The minimum Gasteiger partial charge on any atom is -0.493 e. The lowest BCUT2D eigenvalue weighted by Gasteiger charge is -2.16. The van der Waals surface area contributed by atoms with Crippen molar-refractivity contribution in [3.05, 3.63) is 29.3 Å². The molecule has 92 valence electrons. The molecule has 0 bridgehead atoms. The van der Waals surface area contributed by atoms with Crippen molar-refractivity contribution in [1.29, 1.82) is 0 Å².